The van der Waals surface area contributed by atoms with Crippen LogP contribution in [0.25, 0.3) is 0 Å². The third-order valence-electron chi connectivity index (χ3n) is 3.57. The van der Waals surface area contributed by atoms with Crippen LogP contribution in [0, 0.1) is 0 Å². The Kier molecular flexibility index (Phi) is 1.95. The largest absolute Gasteiger partial charge is 0.374 e. The summed E-state index contributed by atoms with van der Waals surface area (Å²) in [6, 6.07) is 0. The van der Waals surface area contributed by atoms with Crippen molar-refractivity contribution in [2.24, 2.45) is 0 Å². The number of carbonyl (C=O) groups is 2. The lowest BCUT2D eigenvalue weighted by atomic mass is 9.80. The van der Waals surface area contributed by atoms with Gasteiger partial charge in [-0.1, -0.05) is 0 Å². The Morgan fingerprint density at radius 1 is 1.35 bits per heavy atom. The molecule has 2 heterocycles. The van der Waals surface area contributed by atoms with Crippen molar-refractivity contribution in [3.63, 3.8) is 0 Å². The van der Waals surface area contributed by atoms with Gasteiger partial charge in [-0.3, -0.25) is 9.59 Å². The van der Waals surface area contributed by atoms with Crippen LogP contribution >= 0.6 is 0 Å². The Labute approximate surface area is 98.9 Å². The van der Waals surface area contributed by atoms with E-state index in [4.69, 9.17) is 0 Å². The van der Waals surface area contributed by atoms with Crippen molar-refractivity contribution in [1.29, 1.82) is 0 Å². The number of nitrogens with zero attached hydrogens (tertiary/aromatic N) is 1. The minimum atomic E-state index is -1.90. The molecule has 3 aliphatic rings. The summed E-state index contributed by atoms with van der Waals surface area (Å²) in [5, 5.41) is 9.87. The molecule has 1 N–H and O–H groups in total. The van der Waals surface area contributed by atoms with Crippen LogP contribution in [0.3, 0.4) is 0 Å². The van der Waals surface area contributed by atoms with E-state index in [1.54, 1.807) is 6.20 Å². The van der Waals surface area contributed by atoms with Crippen LogP contribution in [0.1, 0.15) is 19.8 Å². The lowest BCUT2D eigenvalue weighted by molar-refractivity contribution is -0.144. The predicted molar refractivity (Wildman–Crippen MR) is 60.8 cm³/mol. The summed E-state index contributed by atoms with van der Waals surface area (Å²) in [4.78, 5) is 25.7. The van der Waals surface area contributed by atoms with E-state index in [1.165, 1.54) is 13.0 Å². The van der Waals surface area contributed by atoms with Crippen LogP contribution in [0.2, 0.25) is 0 Å². The molecule has 1 saturated heterocycles. The van der Waals surface area contributed by atoms with E-state index < -0.39 is 17.2 Å². The highest BCUT2D eigenvalue weighted by Crippen LogP contribution is 2.35. The molecule has 0 radical (unpaired) electrons. The molecule has 0 saturated carbocycles. The number of hydrogen-bond donors (Lipinski definition) is 1. The van der Waals surface area contributed by atoms with Gasteiger partial charge in [-0.05, 0) is 37.5 Å². The standard InChI is InChI=1S/C13H13NO3/c1-13(17)11(15)6-8-5-9-3-2-4-14(9)7-10(8)12(13)16/h5-7,17H,2-4H2,1H3/t13-/m1/s1. The number of allylic oxidation sites excluding steroid dienone is 3. The minimum Gasteiger partial charge on any atom is -0.374 e. The minimum absolute atomic E-state index is 0.445. The Morgan fingerprint density at radius 2 is 2.12 bits per heavy atom. The summed E-state index contributed by atoms with van der Waals surface area (Å²) in [6.07, 6.45) is 7.04. The highest BCUT2D eigenvalue weighted by atomic mass is 16.3. The van der Waals surface area contributed by atoms with Crippen molar-refractivity contribution < 1.29 is 14.7 Å². The summed E-state index contributed by atoms with van der Waals surface area (Å²) in [5.41, 5.74) is 0.322. The van der Waals surface area contributed by atoms with Gasteiger partial charge in [-0.15, -0.1) is 0 Å². The van der Waals surface area contributed by atoms with Crippen LogP contribution in [-0.4, -0.2) is 33.7 Å². The second-order valence-corrected chi connectivity index (χ2v) is 4.84. The Bertz CT molecular complexity index is 523. The Balaban J connectivity index is 2.13. The number of Topliss-reactive ketones (excluding diaryl/α,β-unsaturated/α-hetero) is 1. The van der Waals surface area contributed by atoms with Gasteiger partial charge in [0.1, 0.15) is 0 Å². The van der Waals surface area contributed by atoms with Gasteiger partial charge in [0, 0.05) is 24.0 Å². The van der Waals surface area contributed by atoms with Gasteiger partial charge < -0.3 is 10.0 Å². The average Bonchev–Trinajstić information content (AvgIpc) is 2.72. The maximum Gasteiger partial charge on any atom is 0.204 e. The van der Waals surface area contributed by atoms with Gasteiger partial charge in [0.2, 0.25) is 5.78 Å². The fraction of sp³-hybridized carbons (Fsp3) is 0.385. The first-order chi connectivity index (χ1) is 8.00. The molecule has 4 nitrogen and oxygen atoms in total. The van der Waals surface area contributed by atoms with E-state index in [9.17, 15) is 14.7 Å². The third kappa shape index (κ3) is 1.34. The highest BCUT2D eigenvalue weighted by Gasteiger charge is 2.44. The maximum atomic E-state index is 12.0. The summed E-state index contributed by atoms with van der Waals surface area (Å²) in [5.74, 6) is -1.03. The van der Waals surface area contributed by atoms with Gasteiger partial charge in [-0.2, -0.15) is 0 Å². The van der Waals surface area contributed by atoms with Crippen molar-refractivity contribution in [2.45, 2.75) is 25.4 Å². The first kappa shape index (κ1) is 10.5. The molecule has 17 heavy (non-hydrogen) atoms. The number of carbonyl (C=O) groups excluding carboxylic acids is 2. The summed E-state index contributed by atoms with van der Waals surface area (Å²) >= 11 is 0. The lowest BCUT2D eigenvalue weighted by Gasteiger charge is -2.30. The van der Waals surface area contributed by atoms with Crippen molar-refractivity contribution in [3.8, 4) is 0 Å². The van der Waals surface area contributed by atoms with E-state index in [0.717, 1.165) is 25.1 Å². The van der Waals surface area contributed by atoms with Crippen LogP contribution in [0.4, 0.5) is 0 Å². The number of fused-ring (bicyclic) bond motifs is 2. The maximum absolute atomic E-state index is 12.0. The van der Waals surface area contributed by atoms with E-state index >= 15 is 0 Å². The third-order valence-corrected chi connectivity index (χ3v) is 3.57. The number of rotatable bonds is 0. The average molecular weight is 231 g/mol. The number of aliphatic hydroxyl groups is 1. The van der Waals surface area contributed by atoms with Crippen molar-refractivity contribution in [1.82, 2.24) is 4.90 Å². The van der Waals surface area contributed by atoms with Gasteiger partial charge in [-0.25, -0.2) is 0 Å². The van der Waals surface area contributed by atoms with Gasteiger partial charge >= 0.3 is 0 Å². The number of hydrogen-bond acceptors (Lipinski definition) is 4. The topological polar surface area (TPSA) is 57.6 Å². The van der Waals surface area contributed by atoms with Crippen LogP contribution in [0.5, 0.6) is 0 Å². The summed E-state index contributed by atoms with van der Waals surface area (Å²) < 4.78 is 0. The van der Waals surface area contributed by atoms with Crippen LogP contribution < -0.4 is 0 Å². The molecule has 1 fully saturated rings. The molecule has 0 bridgehead atoms. The molecule has 1 aliphatic carbocycles. The molecule has 0 aromatic carbocycles. The molecule has 0 unspecified atom stereocenters. The molecule has 2 aliphatic heterocycles. The van der Waals surface area contributed by atoms with E-state index in [-0.39, 0.29) is 0 Å². The fourth-order valence-corrected chi connectivity index (χ4v) is 2.47. The summed E-state index contributed by atoms with van der Waals surface area (Å²) in [6.45, 7) is 2.15. The molecule has 0 aromatic rings. The lowest BCUT2D eigenvalue weighted by Crippen LogP contribution is -2.47. The monoisotopic (exact) mass is 231 g/mol. The molecule has 88 valence electrons. The van der Waals surface area contributed by atoms with Crippen molar-refractivity contribution in [2.75, 3.05) is 6.54 Å². The Hall–Kier alpha value is -1.68. The smallest absolute Gasteiger partial charge is 0.204 e. The first-order valence-corrected chi connectivity index (χ1v) is 5.73. The molecule has 3 rings (SSSR count). The molecular weight excluding hydrogens is 218 g/mol. The summed E-state index contributed by atoms with van der Waals surface area (Å²) in [7, 11) is 0. The molecule has 0 aromatic heterocycles. The normalized spacial score (nSPS) is 31.6. The molecular formula is C13H13NO3. The first-order valence-electron chi connectivity index (χ1n) is 5.73. The number of ketones is 2. The highest BCUT2D eigenvalue weighted by molar-refractivity contribution is 6.25. The Morgan fingerprint density at radius 3 is 2.88 bits per heavy atom. The second-order valence-electron chi connectivity index (χ2n) is 4.84. The van der Waals surface area contributed by atoms with Gasteiger partial charge in [0.05, 0.1) is 0 Å². The molecule has 4 heteroatoms. The van der Waals surface area contributed by atoms with Crippen LogP contribution in [-0.2, 0) is 9.59 Å². The zero-order chi connectivity index (χ0) is 12.2. The van der Waals surface area contributed by atoms with E-state index in [1.807, 2.05) is 11.0 Å². The second kappa shape index (κ2) is 3.17. The molecule has 0 amide bonds. The SMILES string of the molecule is C[C@@]1(O)C(=O)C=C2C=C3CCCN3C=C2C1=O. The predicted octanol–water partition coefficient (Wildman–Crippen LogP) is 0.693. The van der Waals surface area contributed by atoms with Gasteiger partial charge in [0.25, 0.3) is 0 Å². The van der Waals surface area contributed by atoms with E-state index in [0.29, 0.717) is 11.1 Å². The quantitative estimate of drug-likeness (QED) is 0.623. The van der Waals surface area contributed by atoms with Crippen LogP contribution in [0.15, 0.2) is 35.2 Å². The molecule has 0 spiro atoms. The fourth-order valence-electron chi connectivity index (χ4n) is 2.47. The van der Waals surface area contributed by atoms with Gasteiger partial charge in [0.15, 0.2) is 11.4 Å². The van der Waals surface area contributed by atoms with E-state index in [2.05, 4.69) is 0 Å². The molecule has 1 atom stereocenters. The zero-order valence-corrected chi connectivity index (χ0v) is 9.56. The van der Waals surface area contributed by atoms with Crippen molar-refractivity contribution >= 4 is 11.6 Å². The van der Waals surface area contributed by atoms with Crippen molar-refractivity contribution in [3.05, 3.63) is 35.2 Å². The zero-order valence-electron chi connectivity index (χ0n) is 9.56.